The summed E-state index contributed by atoms with van der Waals surface area (Å²) in [5.41, 5.74) is 1.10. The summed E-state index contributed by atoms with van der Waals surface area (Å²) < 4.78 is 16.0. The van der Waals surface area contributed by atoms with Crippen molar-refractivity contribution < 1.29 is 14.2 Å². The van der Waals surface area contributed by atoms with Gasteiger partial charge >= 0.3 is 0 Å². The fraction of sp³-hybridized carbons (Fsp3) is 0.571. The van der Waals surface area contributed by atoms with Crippen LogP contribution in [0.4, 0.5) is 5.69 Å². The van der Waals surface area contributed by atoms with Crippen molar-refractivity contribution in [2.45, 2.75) is 18.9 Å². The number of benzene rings is 1. The average Bonchev–Trinajstić information content (AvgIpc) is 2.91. The van der Waals surface area contributed by atoms with E-state index in [1.54, 1.807) is 7.11 Å². The Bertz CT molecular complexity index is 333. The molecule has 0 saturated carbocycles. The summed E-state index contributed by atoms with van der Waals surface area (Å²) in [4.78, 5) is 0. The van der Waals surface area contributed by atoms with Crippen molar-refractivity contribution in [2.24, 2.45) is 0 Å². The zero-order chi connectivity index (χ0) is 12.6. The highest BCUT2D eigenvalue weighted by molar-refractivity contribution is 5.46. The molecule has 0 spiro atoms. The maximum Gasteiger partial charge on any atom is 0.119 e. The van der Waals surface area contributed by atoms with Crippen molar-refractivity contribution in [1.82, 2.24) is 0 Å². The number of hydrogen-bond donors (Lipinski definition) is 1. The molecule has 1 fully saturated rings. The molecule has 1 aromatic carbocycles. The first-order valence-electron chi connectivity index (χ1n) is 6.46. The van der Waals surface area contributed by atoms with E-state index in [1.807, 2.05) is 24.3 Å². The van der Waals surface area contributed by atoms with E-state index in [4.69, 9.17) is 14.2 Å². The predicted octanol–water partition coefficient (Wildman–Crippen LogP) is 2.30. The highest BCUT2D eigenvalue weighted by Crippen LogP contribution is 2.17. The van der Waals surface area contributed by atoms with Gasteiger partial charge in [0.1, 0.15) is 12.4 Å². The smallest absolute Gasteiger partial charge is 0.119 e. The molecule has 100 valence electrons. The average molecular weight is 251 g/mol. The molecule has 4 nitrogen and oxygen atoms in total. The molecular formula is C14H21NO3. The summed E-state index contributed by atoms with van der Waals surface area (Å²) in [6.45, 7) is 2.97. The summed E-state index contributed by atoms with van der Waals surface area (Å²) in [6, 6.07) is 7.98. The Kier molecular flexibility index (Phi) is 5.30. The first kappa shape index (κ1) is 13.2. The number of ether oxygens (including phenoxy) is 3. The fourth-order valence-electron chi connectivity index (χ4n) is 1.95. The van der Waals surface area contributed by atoms with E-state index in [0.29, 0.717) is 19.3 Å². The Morgan fingerprint density at radius 2 is 2.11 bits per heavy atom. The van der Waals surface area contributed by atoms with Crippen molar-refractivity contribution in [2.75, 3.05) is 38.8 Å². The monoisotopic (exact) mass is 251 g/mol. The third-order valence-electron chi connectivity index (χ3n) is 2.97. The number of rotatable bonds is 7. The largest absolute Gasteiger partial charge is 0.491 e. The molecular weight excluding hydrogens is 230 g/mol. The van der Waals surface area contributed by atoms with Gasteiger partial charge in [-0.05, 0) is 37.1 Å². The van der Waals surface area contributed by atoms with Gasteiger partial charge in [0, 0.05) is 25.9 Å². The van der Waals surface area contributed by atoms with Crippen molar-refractivity contribution in [1.29, 1.82) is 0 Å². The maximum atomic E-state index is 5.56. The SMILES string of the molecule is COCCOc1ccc(NCC2CCCO2)cc1. The van der Waals surface area contributed by atoms with Crippen molar-refractivity contribution in [3.05, 3.63) is 24.3 Å². The molecule has 0 bridgehead atoms. The third-order valence-corrected chi connectivity index (χ3v) is 2.97. The minimum Gasteiger partial charge on any atom is -0.491 e. The topological polar surface area (TPSA) is 39.7 Å². The molecule has 18 heavy (non-hydrogen) atoms. The molecule has 1 aliphatic rings. The van der Waals surface area contributed by atoms with E-state index in [0.717, 1.165) is 31.0 Å². The van der Waals surface area contributed by atoms with Crippen LogP contribution < -0.4 is 10.1 Å². The van der Waals surface area contributed by atoms with Gasteiger partial charge in [0.25, 0.3) is 0 Å². The van der Waals surface area contributed by atoms with Gasteiger partial charge in [0.15, 0.2) is 0 Å². The molecule has 0 radical (unpaired) electrons. The molecule has 1 N–H and O–H groups in total. The summed E-state index contributed by atoms with van der Waals surface area (Å²) in [5, 5.41) is 3.38. The molecule has 1 aliphatic heterocycles. The van der Waals surface area contributed by atoms with Crippen LogP contribution >= 0.6 is 0 Å². The van der Waals surface area contributed by atoms with Gasteiger partial charge in [-0.2, -0.15) is 0 Å². The summed E-state index contributed by atoms with van der Waals surface area (Å²) in [7, 11) is 1.67. The Morgan fingerprint density at radius 3 is 2.78 bits per heavy atom. The van der Waals surface area contributed by atoms with Crippen LogP contribution in [0.3, 0.4) is 0 Å². The lowest BCUT2D eigenvalue weighted by atomic mass is 10.2. The summed E-state index contributed by atoms with van der Waals surface area (Å²) in [5.74, 6) is 0.870. The second-order valence-electron chi connectivity index (χ2n) is 4.38. The minimum atomic E-state index is 0.364. The summed E-state index contributed by atoms with van der Waals surface area (Å²) >= 11 is 0. The lowest BCUT2D eigenvalue weighted by Gasteiger charge is -2.12. The van der Waals surface area contributed by atoms with Crippen LogP contribution in [0, 0.1) is 0 Å². The van der Waals surface area contributed by atoms with E-state index in [-0.39, 0.29) is 0 Å². The van der Waals surface area contributed by atoms with Crippen LogP contribution in [0.15, 0.2) is 24.3 Å². The minimum absolute atomic E-state index is 0.364. The van der Waals surface area contributed by atoms with Crippen molar-refractivity contribution in [3.8, 4) is 5.75 Å². The second-order valence-corrected chi connectivity index (χ2v) is 4.38. The zero-order valence-corrected chi connectivity index (χ0v) is 10.9. The Labute approximate surface area is 108 Å². The first-order valence-corrected chi connectivity index (χ1v) is 6.46. The molecule has 1 heterocycles. The van der Waals surface area contributed by atoms with Crippen molar-refractivity contribution >= 4 is 5.69 Å². The number of hydrogen-bond acceptors (Lipinski definition) is 4. The van der Waals surface area contributed by atoms with Gasteiger partial charge < -0.3 is 19.5 Å². The van der Waals surface area contributed by atoms with E-state index < -0.39 is 0 Å². The molecule has 4 heteroatoms. The standard InChI is InChI=1S/C14H21NO3/c1-16-9-10-18-13-6-4-12(5-7-13)15-11-14-3-2-8-17-14/h4-7,14-15H,2-3,8-11H2,1H3. The quantitative estimate of drug-likeness (QED) is 0.755. The lowest BCUT2D eigenvalue weighted by Crippen LogP contribution is -2.18. The van der Waals surface area contributed by atoms with Crippen LogP contribution in [0.25, 0.3) is 0 Å². The first-order chi connectivity index (χ1) is 8.88. The fourth-order valence-corrected chi connectivity index (χ4v) is 1.95. The lowest BCUT2D eigenvalue weighted by molar-refractivity contribution is 0.120. The van der Waals surface area contributed by atoms with Crippen LogP contribution in [0.2, 0.25) is 0 Å². The normalized spacial score (nSPS) is 18.8. The molecule has 0 amide bonds. The molecule has 2 rings (SSSR count). The highest BCUT2D eigenvalue weighted by atomic mass is 16.5. The van der Waals surface area contributed by atoms with Crippen LogP contribution in [-0.4, -0.2) is 39.6 Å². The number of nitrogens with one attached hydrogen (secondary N) is 1. The van der Waals surface area contributed by atoms with Gasteiger partial charge in [-0.3, -0.25) is 0 Å². The van der Waals surface area contributed by atoms with E-state index in [1.165, 1.54) is 6.42 Å². The number of methoxy groups -OCH3 is 1. The second kappa shape index (κ2) is 7.24. The van der Waals surface area contributed by atoms with Gasteiger partial charge in [-0.25, -0.2) is 0 Å². The van der Waals surface area contributed by atoms with Crippen LogP contribution in [0.5, 0.6) is 5.75 Å². The number of anilines is 1. The Balaban J connectivity index is 1.72. The van der Waals surface area contributed by atoms with E-state index in [2.05, 4.69) is 5.32 Å². The van der Waals surface area contributed by atoms with Crippen LogP contribution in [0.1, 0.15) is 12.8 Å². The molecule has 1 atom stereocenters. The Morgan fingerprint density at radius 1 is 1.28 bits per heavy atom. The van der Waals surface area contributed by atoms with Gasteiger partial charge in [0.2, 0.25) is 0 Å². The van der Waals surface area contributed by atoms with Gasteiger partial charge in [-0.15, -0.1) is 0 Å². The van der Waals surface area contributed by atoms with Gasteiger partial charge in [0.05, 0.1) is 12.7 Å². The summed E-state index contributed by atoms with van der Waals surface area (Å²) in [6.07, 6.45) is 2.70. The van der Waals surface area contributed by atoms with E-state index >= 15 is 0 Å². The molecule has 0 aliphatic carbocycles. The molecule has 1 saturated heterocycles. The van der Waals surface area contributed by atoms with Crippen molar-refractivity contribution in [3.63, 3.8) is 0 Å². The zero-order valence-electron chi connectivity index (χ0n) is 10.9. The Hall–Kier alpha value is -1.26. The van der Waals surface area contributed by atoms with Gasteiger partial charge in [-0.1, -0.05) is 0 Å². The molecule has 1 unspecified atom stereocenters. The third kappa shape index (κ3) is 4.20. The molecule has 0 aromatic heterocycles. The van der Waals surface area contributed by atoms with Crippen LogP contribution in [-0.2, 0) is 9.47 Å². The van der Waals surface area contributed by atoms with E-state index in [9.17, 15) is 0 Å². The maximum absolute atomic E-state index is 5.56. The molecule has 1 aromatic rings. The highest BCUT2D eigenvalue weighted by Gasteiger charge is 2.14. The predicted molar refractivity (Wildman–Crippen MR) is 71.3 cm³/mol.